The first-order valence-electron chi connectivity index (χ1n) is 6.72. The van der Waals surface area contributed by atoms with Crippen LogP contribution in [0, 0.1) is 0 Å². The molecule has 1 unspecified atom stereocenters. The van der Waals surface area contributed by atoms with Gasteiger partial charge in [-0.2, -0.15) is 0 Å². The zero-order valence-corrected chi connectivity index (χ0v) is 12.9. The van der Waals surface area contributed by atoms with E-state index in [0.29, 0.717) is 5.02 Å². The maximum atomic E-state index is 6.37. The van der Waals surface area contributed by atoms with E-state index in [9.17, 15) is 0 Å². The minimum absolute atomic E-state index is 0.0563. The highest BCUT2D eigenvalue weighted by molar-refractivity contribution is 7.99. The Labute approximate surface area is 133 Å². The van der Waals surface area contributed by atoms with Gasteiger partial charge in [0.15, 0.2) is 0 Å². The Morgan fingerprint density at radius 1 is 1.05 bits per heavy atom. The molecule has 0 spiro atoms. The van der Waals surface area contributed by atoms with Crippen LogP contribution < -0.4 is 5.73 Å². The van der Waals surface area contributed by atoms with E-state index < -0.39 is 0 Å². The third kappa shape index (κ3) is 3.21. The van der Waals surface area contributed by atoms with Gasteiger partial charge in [-0.15, -0.1) is 11.8 Å². The monoisotopic (exact) mass is 314 g/mol. The van der Waals surface area contributed by atoms with Crippen molar-refractivity contribution >= 4 is 34.1 Å². The van der Waals surface area contributed by atoms with Gasteiger partial charge in [0, 0.05) is 18.0 Å². The number of fused-ring (bicyclic) bond motifs is 1. The lowest BCUT2D eigenvalue weighted by atomic mass is 10.0. The molecule has 0 amide bonds. The SMILES string of the molecule is NC(CSc1ncccc1Cl)c1cccc2ccccc12. The van der Waals surface area contributed by atoms with E-state index in [4.69, 9.17) is 17.3 Å². The topological polar surface area (TPSA) is 38.9 Å². The van der Waals surface area contributed by atoms with Crippen LogP contribution in [0.2, 0.25) is 5.02 Å². The molecule has 3 rings (SSSR count). The summed E-state index contributed by atoms with van der Waals surface area (Å²) in [7, 11) is 0. The summed E-state index contributed by atoms with van der Waals surface area (Å²) in [5.41, 5.74) is 7.53. The molecular weight excluding hydrogens is 300 g/mol. The number of aromatic nitrogens is 1. The summed E-state index contributed by atoms with van der Waals surface area (Å²) in [5.74, 6) is 0.741. The second kappa shape index (κ2) is 6.48. The van der Waals surface area contributed by atoms with Crippen molar-refractivity contribution in [3.8, 4) is 0 Å². The Morgan fingerprint density at radius 2 is 1.86 bits per heavy atom. The summed E-state index contributed by atoms with van der Waals surface area (Å²) in [4.78, 5) is 4.28. The van der Waals surface area contributed by atoms with Gasteiger partial charge in [0.1, 0.15) is 5.03 Å². The highest BCUT2D eigenvalue weighted by atomic mass is 35.5. The van der Waals surface area contributed by atoms with Gasteiger partial charge in [-0.05, 0) is 28.5 Å². The normalized spacial score (nSPS) is 12.5. The van der Waals surface area contributed by atoms with Crippen molar-refractivity contribution in [3.05, 3.63) is 71.4 Å². The summed E-state index contributed by atoms with van der Waals surface area (Å²) in [6.07, 6.45) is 1.75. The van der Waals surface area contributed by atoms with Crippen molar-refractivity contribution in [2.24, 2.45) is 5.73 Å². The molecule has 0 aliphatic heterocycles. The number of nitrogens with zero attached hydrogens (tertiary/aromatic N) is 1. The predicted octanol–water partition coefficient (Wildman–Crippen LogP) is 4.68. The highest BCUT2D eigenvalue weighted by Crippen LogP contribution is 2.30. The fourth-order valence-corrected chi connectivity index (χ4v) is 3.45. The zero-order valence-electron chi connectivity index (χ0n) is 11.4. The van der Waals surface area contributed by atoms with Crippen LogP contribution in [0.1, 0.15) is 11.6 Å². The molecule has 2 aromatic carbocycles. The van der Waals surface area contributed by atoms with Gasteiger partial charge >= 0.3 is 0 Å². The van der Waals surface area contributed by atoms with Gasteiger partial charge in [-0.3, -0.25) is 0 Å². The van der Waals surface area contributed by atoms with E-state index in [1.54, 1.807) is 18.0 Å². The van der Waals surface area contributed by atoms with E-state index >= 15 is 0 Å². The van der Waals surface area contributed by atoms with Crippen LogP contribution in [0.4, 0.5) is 0 Å². The summed E-state index contributed by atoms with van der Waals surface area (Å²) in [6, 6.07) is 18.2. The average Bonchev–Trinajstić information content (AvgIpc) is 2.53. The van der Waals surface area contributed by atoms with Crippen LogP contribution in [-0.4, -0.2) is 10.7 Å². The minimum Gasteiger partial charge on any atom is -0.323 e. The molecule has 2 nitrogen and oxygen atoms in total. The van der Waals surface area contributed by atoms with Crippen molar-refractivity contribution in [2.75, 3.05) is 5.75 Å². The van der Waals surface area contributed by atoms with Crippen LogP contribution in [0.3, 0.4) is 0 Å². The van der Waals surface area contributed by atoms with E-state index in [2.05, 4.69) is 35.3 Å². The summed E-state index contributed by atoms with van der Waals surface area (Å²) >= 11 is 7.72. The second-order valence-corrected chi connectivity index (χ2v) is 6.19. The quantitative estimate of drug-likeness (QED) is 0.711. The molecule has 106 valence electrons. The molecule has 1 aromatic heterocycles. The Morgan fingerprint density at radius 3 is 2.71 bits per heavy atom. The smallest absolute Gasteiger partial charge is 0.115 e. The molecule has 0 saturated carbocycles. The lowest BCUT2D eigenvalue weighted by Crippen LogP contribution is -2.13. The van der Waals surface area contributed by atoms with Crippen LogP contribution in [0.25, 0.3) is 10.8 Å². The molecular formula is C17H15ClN2S. The molecule has 0 radical (unpaired) electrons. The molecule has 0 fully saturated rings. The lowest BCUT2D eigenvalue weighted by molar-refractivity contribution is 0.838. The largest absolute Gasteiger partial charge is 0.323 e. The van der Waals surface area contributed by atoms with Crippen molar-refractivity contribution in [2.45, 2.75) is 11.1 Å². The maximum absolute atomic E-state index is 6.37. The average molecular weight is 315 g/mol. The standard InChI is InChI=1S/C17H15ClN2S/c18-15-9-4-10-20-17(15)21-11-16(19)14-8-3-6-12-5-1-2-7-13(12)14/h1-10,16H,11,19H2. The number of rotatable bonds is 4. The number of thioether (sulfide) groups is 1. The fraction of sp³-hybridized carbons (Fsp3) is 0.118. The third-order valence-corrected chi connectivity index (χ3v) is 4.89. The van der Waals surface area contributed by atoms with E-state index in [0.717, 1.165) is 16.3 Å². The Kier molecular flexibility index (Phi) is 4.44. The molecule has 0 saturated heterocycles. The Hall–Kier alpha value is -1.55. The fourth-order valence-electron chi connectivity index (χ4n) is 2.31. The molecule has 4 heteroatoms. The zero-order chi connectivity index (χ0) is 14.7. The van der Waals surface area contributed by atoms with Gasteiger partial charge in [-0.25, -0.2) is 4.98 Å². The molecule has 3 aromatic rings. The molecule has 2 N–H and O–H groups in total. The van der Waals surface area contributed by atoms with Gasteiger partial charge < -0.3 is 5.73 Å². The van der Waals surface area contributed by atoms with Crippen molar-refractivity contribution in [1.82, 2.24) is 4.98 Å². The summed E-state index contributed by atoms with van der Waals surface area (Å²) < 4.78 is 0. The van der Waals surface area contributed by atoms with Crippen molar-refractivity contribution < 1.29 is 0 Å². The van der Waals surface area contributed by atoms with E-state index in [1.165, 1.54) is 10.8 Å². The highest BCUT2D eigenvalue weighted by Gasteiger charge is 2.11. The number of pyridine rings is 1. The van der Waals surface area contributed by atoms with Gasteiger partial charge in [0.25, 0.3) is 0 Å². The Balaban J connectivity index is 1.81. The number of hydrogen-bond donors (Lipinski definition) is 1. The third-order valence-electron chi connectivity index (χ3n) is 3.35. The van der Waals surface area contributed by atoms with E-state index in [1.807, 2.05) is 24.3 Å². The van der Waals surface area contributed by atoms with Gasteiger partial charge in [0.05, 0.1) is 5.02 Å². The molecule has 0 bridgehead atoms. The van der Waals surface area contributed by atoms with Crippen molar-refractivity contribution in [3.63, 3.8) is 0 Å². The number of halogens is 1. The van der Waals surface area contributed by atoms with Crippen LogP contribution in [-0.2, 0) is 0 Å². The first-order valence-corrected chi connectivity index (χ1v) is 8.08. The van der Waals surface area contributed by atoms with E-state index in [-0.39, 0.29) is 6.04 Å². The first kappa shape index (κ1) is 14.4. The van der Waals surface area contributed by atoms with Gasteiger partial charge in [0.2, 0.25) is 0 Å². The number of nitrogens with two attached hydrogens (primary N) is 1. The molecule has 1 heterocycles. The van der Waals surface area contributed by atoms with Crippen LogP contribution in [0.15, 0.2) is 65.8 Å². The Bertz CT molecular complexity index is 755. The lowest BCUT2D eigenvalue weighted by Gasteiger charge is -2.14. The minimum atomic E-state index is -0.0563. The first-order chi connectivity index (χ1) is 10.3. The maximum Gasteiger partial charge on any atom is 0.115 e. The summed E-state index contributed by atoms with van der Waals surface area (Å²) in [5, 5.41) is 3.93. The second-order valence-electron chi connectivity index (χ2n) is 4.78. The summed E-state index contributed by atoms with van der Waals surface area (Å²) in [6.45, 7) is 0. The predicted molar refractivity (Wildman–Crippen MR) is 90.8 cm³/mol. The van der Waals surface area contributed by atoms with Crippen LogP contribution >= 0.6 is 23.4 Å². The molecule has 1 atom stereocenters. The van der Waals surface area contributed by atoms with Gasteiger partial charge in [-0.1, -0.05) is 54.1 Å². The number of hydrogen-bond acceptors (Lipinski definition) is 3. The molecule has 0 aliphatic carbocycles. The molecule has 21 heavy (non-hydrogen) atoms. The molecule has 0 aliphatic rings. The van der Waals surface area contributed by atoms with Crippen LogP contribution in [0.5, 0.6) is 0 Å². The number of benzene rings is 2. The van der Waals surface area contributed by atoms with Crippen molar-refractivity contribution in [1.29, 1.82) is 0 Å².